The average molecular weight is 349 g/mol. The van der Waals surface area contributed by atoms with Crippen molar-refractivity contribution in [2.24, 2.45) is 0 Å². The van der Waals surface area contributed by atoms with Crippen LogP contribution in [0, 0.1) is 0 Å². The Balaban J connectivity index is 1.60. The van der Waals surface area contributed by atoms with E-state index in [-0.39, 0.29) is 12.3 Å². The molecule has 0 radical (unpaired) electrons. The first-order chi connectivity index (χ1) is 12.0. The van der Waals surface area contributed by atoms with E-state index in [4.69, 9.17) is 9.47 Å². The highest BCUT2D eigenvalue weighted by Crippen LogP contribution is 2.19. The number of carbonyl (C=O) groups excluding carboxylic acids is 1. The van der Waals surface area contributed by atoms with Crippen molar-refractivity contribution in [1.82, 2.24) is 15.5 Å². The minimum atomic E-state index is -0.385. The maximum atomic E-state index is 11.9. The van der Waals surface area contributed by atoms with Crippen molar-refractivity contribution in [2.45, 2.75) is 39.3 Å². The molecule has 1 saturated heterocycles. The van der Waals surface area contributed by atoms with Gasteiger partial charge in [0.05, 0.1) is 13.2 Å². The van der Waals surface area contributed by atoms with E-state index < -0.39 is 0 Å². The average Bonchev–Trinajstić information content (AvgIpc) is 2.60. The van der Waals surface area contributed by atoms with Crippen LogP contribution in [-0.4, -0.2) is 56.6 Å². The summed E-state index contributed by atoms with van der Waals surface area (Å²) in [6.45, 7) is 11.3. The number of hydrogen-bond acceptors (Lipinski definition) is 4. The lowest BCUT2D eigenvalue weighted by atomic mass is 10.0. The fourth-order valence-corrected chi connectivity index (χ4v) is 2.73. The first-order valence-corrected chi connectivity index (χ1v) is 9.15. The molecule has 1 atom stereocenters. The summed E-state index contributed by atoms with van der Waals surface area (Å²) >= 11 is 0. The van der Waals surface area contributed by atoms with Crippen molar-refractivity contribution < 1.29 is 14.3 Å². The van der Waals surface area contributed by atoms with E-state index >= 15 is 0 Å². The molecule has 2 N–H and O–H groups in total. The number of ether oxygens (including phenoxy) is 2. The van der Waals surface area contributed by atoms with Crippen LogP contribution in [0.25, 0.3) is 0 Å². The normalized spacial score (nSPS) is 16.5. The standard InChI is InChI=1S/C19H31N3O3/c1-15(2)17-5-7-18(8-6-17)25-16(3)21-19(23)20-9-4-10-22-11-13-24-14-12-22/h5-8,15-16H,4,9-14H2,1-3H3,(H2,20,21,23). The number of nitrogens with zero attached hydrogens (tertiary/aromatic N) is 1. The minimum absolute atomic E-state index is 0.201. The maximum Gasteiger partial charge on any atom is 0.317 e. The number of hydrogen-bond donors (Lipinski definition) is 2. The second-order valence-corrected chi connectivity index (χ2v) is 6.69. The topological polar surface area (TPSA) is 62.8 Å². The lowest BCUT2D eigenvalue weighted by molar-refractivity contribution is 0.0375. The summed E-state index contributed by atoms with van der Waals surface area (Å²) in [6.07, 6.45) is 0.545. The van der Waals surface area contributed by atoms with Crippen LogP contribution >= 0.6 is 0 Å². The third kappa shape index (κ3) is 7.32. The number of morpholine rings is 1. The Morgan fingerprint density at radius 2 is 1.88 bits per heavy atom. The van der Waals surface area contributed by atoms with E-state index in [0.29, 0.717) is 12.5 Å². The Labute approximate surface area is 150 Å². The van der Waals surface area contributed by atoms with Crippen LogP contribution in [0.2, 0.25) is 0 Å². The van der Waals surface area contributed by atoms with E-state index in [0.717, 1.165) is 45.0 Å². The van der Waals surface area contributed by atoms with E-state index in [1.807, 2.05) is 19.1 Å². The molecular formula is C19H31N3O3. The molecule has 1 heterocycles. The van der Waals surface area contributed by atoms with E-state index in [1.54, 1.807) is 0 Å². The number of carbonyl (C=O) groups is 1. The van der Waals surface area contributed by atoms with Gasteiger partial charge in [-0.25, -0.2) is 4.79 Å². The summed E-state index contributed by atoms with van der Waals surface area (Å²) in [6, 6.07) is 7.78. The Bertz CT molecular complexity index is 513. The van der Waals surface area contributed by atoms with Gasteiger partial charge >= 0.3 is 6.03 Å². The van der Waals surface area contributed by atoms with Crippen molar-refractivity contribution in [3.05, 3.63) is 29.8 Å². The molecule has 1 aromatic carbocycles. The molecular weight excluding hydrogens is 318 g/mol. The minimum Gasteiger partial charge on any atom is -0.471 e. The summed E-state index contributed by atoms with van der Waals surface area (Å²) in [5.41, 5.74) is 1.27. The molecule has 1 fully saturated rings. The van der Waals surface area contributed by atoms with Crippen molar-refractivity contribution in [2.75, 3.05) is 39.4 Å². The zero-order chi connectivity index (χ0) is 18.1. The second kappa shape index (κ2) is 10.3. The third-order valence-corrected chi connectivity index (χ3v) is 4.23. The third-order valence-electron chi connectivity index (χ3n) is 4.23. The summed E-state index contributed by atoms with van der Waals surface area (Å²) in [5, 5.41) is 5.67. The van der Waals surface area contributed by atoms with Gasteiger partial charge in [0.15, 0.2) is 6.23 Å². The second-order valence-electron chi connectivity index (χ2n) is 6.69. The van der Waals surface area contributed by atoms with Crippen molar-refractivity contribution in [3.8, 4) is 5.75 Å². The molecule has 0 aromatic heterocycles. The summed E-state index contributed by atoms with van der Waals surface area (Å²) in [4.78, 5) is 14.3. The van der Waals surface area contributed by atoms with Gasteiger partial charge in [0.25, 0.3) is 0 Å². The molecule has 6 nitrogen and oxygen atoms in total. The summed E-state index contributed by atoms with van der Waals surface area (Å²) < 4.78 is 11.0. The molecule has 2 amide bonds. The molecule has 0 saturated carbocycles. The van der Waals surface area contributed by atoms with E-state index in [9.17, 15) is 4.79 Å². The Morgan fingerprint density at radius 1 is 1.20 bits per heavy atom. The highest BCUT2D eigenvalue weighted by atomic mass is 16.5. The number of urea groups is 1. The first-order valence-electron chi connectivity index (χ1n) is 9.15. The molecule has 1 aromatic rings. The van der Waals surface area contributed by atoms with Crippen LogP contribution in [0.4, 0.5) is 4.79 Å². The molecule has 2 rings (SSSR count). The smallest absolute Gasteiger partial charge is 0.317 e. The first kappa shape index (κ1) is 19.5. The highest BCUT2D eigenvalue weighted by molar-refractivity contribution is 5.73. The Hall–Kier alpha value is -1.79. The SMILES string of the molecule is CC(NC(=O)NCCCN1CCOCC1)Oc1ccc(C(C)C)cc1. The van der Waals surface area contributed by atoms with Crippen LogP contribution in [0.15, 0.2) is 24.3 Å². The Morgan fingerprint density at radius 3 is 2.52 bits per heavy atom. The highest BCUT2D eigenvalue weighted by Gasteiger charge is 2.11. The molecule has 6 heteroatoms. The molecule has 25 heavy (non-hydrogen) atoms. The van der Waals surface area contributed by atoms with Gasteiger partial charge in [0.1, 0.15) is 5.75 Å². The Kier molecular flexibility index (Phi) is 8.01. The zero-order valence-electron chi connectivity index (χ0n) is 15.6. The van der Waals surface area contributed by atoms with Gasteiger partial charge in [-0.2, -0.15) is 0 Å². The number of benzene rings is 1. The van der Waals surface area contributed by atoms with Crippen LogP contribution < -0.4 is 15.4 Å². The van der Waals surface area contributed by atoms with E-state index in [2.05, 4.69) is 41.5 Å². The van der Waals surface area contributed by atoms with Gasteiger partial charge in [-0.15, -0.1) is 0 Å². The number of nitrogens with one attached hydrogen (secondary N) is 2. The fourth-order valence-electron chi connectivity index (χ4n) is 2.73. The van der Waals surface area contributed by atoms with Gasteiger partial charge in [-0.3, -0.25) is 4.90 Å². The molecule has 0 bridgehead atoms. The largest absolute Gasteiger partial charge is 0.471 e. The van der Waals surface area contributed by atoms with Crippen molar-refractivity contribution in [1.29, 1.82) is 0 Å². The van der Waals surface area contributed by atoms with Crippen LogP contribution in [-0.2, 0) is 4.74 Å². The summed E-state index contributed by atoms with van der Waals surface area (Å²) in [7, 11) is 0. The van der Waals surface area contributed by atoms with Crippen LogP contribution in [0.5, 0.6) is 5.75 Å². The fraction of sp³-hybridized carbons (Fsp3) is 0.632. The predicted molar refractivity (Wildman–Crippen MR) is 99.0 cm³/mol. The van der Waals surface area contributed by atoms with Gasteiger partial charge < -0.3 is 20.1 Å². The monoisotopic (exact) mass is 349 g/mol. The molecule has 1 unspecified atom stereocenters. The summed E-state index contributed by atoms with van der Waals surface area (Å²) in [5.74, 6) is 1.25. The van der Waals surface area contributed by atoms with Gasteiger partial charge in [-0.1, -0.05) is 26.0 Å². The van der Waals surface area contributed by atoms with Gasteiger partial charge in [0, 0.05) is 19.6 Å². The van der Waals surface area contributed by atoms with Crippen LogP contribution in [0.1, 0.15) is 38.7 Å². The zero-order valence-corrected chi connectivity index (χ0v) is 15.6. The number of amides is 2. The lowest BCUT2D eigenvalue weighted by Crippen LogP contribution is -2.44. The molecule has 1 aliphatic rings. The van der Waals surface area contributed by atoms with Gasteiger partial charge in [-0.05, 0) is 43.5 Å². The quantitative estimate of drug-likeness (QED) is 0.559. The molecule has 140 valence electrons. The predicted octanol–water partition coefficient (Wildman–Crippen LogP) is 2.56. The maximum absolute atomic E-state index is 11.9. The van der Waals surface area contributed by atoms with Gasteiger partial charge in [0.2, 0.25) is 0 Å². The van der Waals surface area contributed by atoms with Crippen LogP contribution in [0.3, 0.4) is 0 Å². The molecule has 0 spiro atoms. The number of rotatable bonds is 8. The van der Waals surface area contributed by atoms with Crippen molar-refractivity contribution >= 4 is 6.03 Å². The molecule has 0 aliphatic carbocycles. The molecule has 1 aliphatic heterocycles. The van der Waals surface area contributed by atoms with E-state index in [1.165, 1.54) is 5.56 Å². The van der Waals surface area contributed by atoms with Crippen molar-refractivity contribution in [3.63, 3.8) is 0 Å². The lowest BCUT2D eigenvalue weighted by Gasteiger charge is -2.26.